The molecule has 1 N–H and O–H groups in total. The highest BCUT2D eigenvalue weighted by Crippen LogP contribution is 2.32. The van der Waals surface area contributed by atoms with Crippen LogP contribution in [0.3, 0.4) is 0 Å². The van der Waals surface area contributed by atoms with Crippen LogP contribution in [0.4, 0.5) is 21.8 Å². The molecule has 3 aromatic rings. The molecule has 0 bridgehead atoms. The van der Waals surface area contributed by atoms with E-state index in [-0.39, 0.29) is 17.7 Å². The first-order valence-electron chi connectivity index (χ1n) is 11.0. The molecular formula is C24H25ClFN5O3. The minimum atomic E-state index is -0.501. The smallest absolute Gasteiger partial charge is 0.339 e. The summed E-state index contributed by atoms with van der Waals surface area (Å²) in [5.41, 5.74) is 2.35. The fraction of sp³-hybridized carbons (Fsp3) is 0.333. The molecule has 0 aliphatic carbocycles. The van der Waals surface area contributed by atoms with E-state index in [1.165, 1.54) is 18.3 Å². The van der Waals surface area contributed by atoms with Gasteiger partial charge in [-0.05, 0) is 44.0 Å². The van der Waals surface area contributed by atoms with Crippen molar-refractivity contribution in [3.05, 3.63) is 59.3 Å². The van der Waals surface area contributed by atoms with Gasteiger partial charge in [0.15, 0.2) is 0 Å². The molecule has 1 aliphatic rings. The Balaban J connectivity index is 1.70. The number of pyridine rings is 1. The van der Waals surface area contributed by atoms with Crippen molar-refractivity contribution in [2.45, 2.75) is 25.9 Å². The van der Waals surface area contributed by atoms with E-state index in [1.807, 2.05) is 0 Å². The summed E-state index contributed by atoms with van der Waals surface area (Å²) >= 11 is 5.91. The number of rotatable bonds is 7. The van der Waals surface area contributed by atoms with Crippen LogP contribution in [0.25, 0.3) is 11.1 Å². The van der Waals surface area contributed by atoms with E-state index in [4.69, 9.17) is 26.1 Å². The lowest BCUT2D eigenvalue weighted by molar-refractivity contribution is 0.0526. The van der Waals surface area contributed by atoms with Crippen LogP contribution in [0.2, 0.25) is 5.02 Å². The highest BCUT2D eigenvalue weighted by Gasteiger charge is 2.24. The Bertz CT molecular complexity index is 1170. The molecule has 4 rings (SSSR count). The molecule has 0 spiro atoms. The largest absolute Gasteiger partial charge is 0.462 e. The van der Waals surface area contributed by atoms with Gasteiger partial charge in [-0.3, -0.25) is 4.98 Å². The lowest BCUT2D eigenvalue weighted by Gasteiger charge is -2.33. The van der Waals surface area contributed by atoms with Gasteiger partial charge >= 0.3 is 5.97 Å². The van der Waals surface area contributed by atoms with Gasteiger partial charge in [-0.25, -0.2) is 14.2 Å². The number of hydrogen-bond donors (Lipinski definition) is 1. The maximum Gasteiger partial charge on any atom is 0.339 e. The minimum absolute atomic E-state index is 0.00494. The summed E-state index contributed by atoms with van der Waals surface area (Å²) in [6.07, 6.45) is 6.74. The lowest BCUT2D eigenvalue weighted by atomic mass is 10.0. The van der Waals surface area contributed by atoms with Crippen LogP contribution < -0.4 is 10.2 Å². The van der Waals surface area contributed by atoms with Crippen molar-refractivity contribution in [2.75, 3.05) is 37.0 Å². The predicted molar refractivity (Wildman–Crippen MR) is 128 cm³/mol. The molecule has 0 radical (unpaired) electrons. The van der Waals surface area contributed by atoms with Gasteiger partial charge in [0.2, 0.25) is 5.95 Å². The van der Waals surface area contributed by atoms with E-state index in [0.29, 0.717) is 28.6 Å². The maximum absolute atomic E-state index is 13.5. The fourth-order valence-electron chi connectivity index (χ4n) is 3.80. The number of carbonyl (C=O) groups excluding carboxylic acids is 1. The lowest BCUT2D eigenvalue weighted by Crippen LogP contribution is -2.37. The number of piperidine rings is 1. The zero-order chi connectivity index (χ0) is 24.1. The number of methoxy groups -OCH3 is 1. The third-order valence-electron chi connectivity index (χ3n) is 5.58. The van der Waals surface area contributed by atoms with E-state index in [1.54, 1.807) is 38.6 Å². The third kappa shape index (κ3) is 5.43. The third-order valence-corrected chi connectivity index (χ3v) is 5.87. The summed E-state index contributed by atoms with van der Waals surface area (Å²) in [4.78, 5) is 27.8. The number of carbonyl (C=O) groups is 1. The van der Waals surface area contributed by atoms with Crippen molar-refractivity contribution in [3.63, 3.8) is 0 Å². The van der Waals surface area contributed by atoms with Crippen LogP contribution in [0.1, 0.15) is 30.1 Å². The average molecular weight is 486 g/mol. The van der Waals surface area contributed by atoms with E-state index in [9.17, 15) is 9.18 Å². The number of benzene rings is 1. The van der Waals surface area contributed by atoms with Crippen molar-refractivity contribution in [1.82, 2.24) is 15.0 Å². The summed E-state index contributed by atoms with van der Waals surface area (Å²) in [5.74, 6) is 0.0961. The molecule has 1 fully saturated rings. The number of esters is 1. The Morgan fingerprint density at radius 1 is 1.24 bits per heavy atom. The first-order valence-corrected chi connectivity index (χ1v) is 11.4. The quantitative estimate of drug-likeness (QED) is 0.474. The standard InChI is InChI=1S/C24H25ClFN5O3/c1-3-34-23(32)16-10-15(12-27-13-16)19-14-28-24(29-17-4-5-21(26)20(25)11-17)30-22(19)31-8-6-18(33-2)7-9-31/h4-5,10-14,18H,3,6-9H2,1-2H3,(H,28,29,30). The zero-order valence-electron chi connectivity index (χ0n) is 18.9. The van der Waals surface area contributed by atoms with Gasteiger partial charge in [-0.15, -0.1) is 0 Å². The Kier molecular flexibility index (Phi) is 7.54. The van der Waals surface area contributed by atoms with Gasteiger partial charge in [0, 0.05) is 55.6 Å². The molecule has 8 nitrogen and oxygen atoms in total. The average Bonchev–Trinajstić information content (AvgIpc) is 2.86. The van der Waals surface area contributed by atoms with Crippen molar-refractivity contribution in [1.29, 1.82) is 0 Å². The van der Waals surface area contributed by atoms with Gasteiger partial charge in [0.05, 0.1) is 23.3 Å². The molecule has 1 aromatic carbocycles. The van der Waals surface area contributed by atoms with Gasteiger partial charge in [-0.1, -0.05) is 11.6 Å². The van der Waals surface area contributed by atoms with Crippen molar-refractivity contribution in [2.24, 2.45) is 0 Å². The number of anilines is 3. The molecule has 10 heteroatoms. The van der Waals surface area contributed by atoms with E-state index >= 15 is 0 Å². The zero-order valence-corrected chi connectivity index (χ0v) is 19.7. The molecule has 0 unspecified atom stereocenters. The Hall–Kier alpha value is -3.30. The van der Waals surface area contributed by atoms with Crippen LogP contribution >= 0.6 is 11.6 Å². The molecule has 0 atom stereocenters. The van der Waals surface area contributed by atoms with Gasteiger partial charge < -0.3 is 19.7 Å². The second-order valence-corrected chi connectivity index (χ2v) is 8.20. The van der Waals surface area contributed by atoms with Crippen LogP contribution in [0, 0.1) is 5.82 Å². The van der Waals surface area contributed by atoms with E-state index < -0.39 is 11.8 Å². The number of nitrogens with zero attached hydrogens (tertiary/aromatic N) is 4. The Labute approximate surface area is 202 Å². The number of aromatic nitrogens is 3. The monoisotopic (exact) mass is 485 g/mol. The molecule has 2 aromatic heterocycles. The van der Waals surface area contributed by atoms with Crippen LogP contribution in [0.15, 0.2) is 42.9 Å². The highest BCUT2D eigenvalue weighted by molar-refractivity contribution is 6.31. The first-order chi connectivity index (χ1) is 16.5. The maximum atomic E-state index is 13.5. The van der Waals surface area contributed by atoms with Crippen molar-refractivity contribution < 1.29 is 18.7 Å². The molecule has 178 valence electrons. The summed E-state index contributed by atoms with van der Waals surface area (Å²) < 4.78 is 24.2. The van der Waals surface area contributed by atoms with E-state index in [0.717, 1.165) is 31.5 Å². The molecule has 0 saturated carbocycles. The second kappa shape index (κ2) is 10.8. The Morgan fingerprint density at radius 3 is 2.74 bits per heavy atom. The van der Waals surface area contributed by atoms with Crippen LogP contribution in [0.5, 0.6) is 0 Å². The molecule has 34 heavy (non-hydrogen) atoms. The molecule has 3 heterocycles. The normalized spacial score (nSPS) is 14.2. The molecular weight excluding hydrogens is 461 g/mol. The predicted octanol–water partition coefficient (Wildman–Crippen LogP) is 4.87. The second-order valence-electron chi connectivity index (χ2n) is 7.79. The van der Waals surface area contributed by atoms with Crippen LogP contribution in [-0.4, -0.2) is 53.8 Å². The van der Waals surface area contributed by atoms with E-state index in [2.05, 4.69) is 20.2 Å². The number of halogens is 2. The first kappa shape index (κ1) is 23.8. The van der Waals surface area contributed by atoms with Gasteiger partial charge in [0.1, 0.15) is 11.6 Å². The highest BCUT2D eigenvalue weighted by atomic mass is 35.5. The minimum Gasteiger partial charge on any atom is -0.462 e. The number of ether oxygens (including phenoxy) is 2. The summed E-state index contributed by atoms with van der Waals surface area (Å²) in [7, 11) is 1.72. The summed E-state index contributed by atoms with van der Waals surface area (Å²) in [5, 5.41) is 3.09. The summed E-state index contributed by atoms with van der Waals surface area (Å²) in [6, 6.07) is 6.05. The number of hydrogen-bond acceptors (Lipinski definition) is 8. The topological polar surface area (TPSA) is 89.5 Å². The van der Waals surface area contributed by atoms with Crippen LogP contribution in [-0.2, 0) is 9.47 Å². The SMILES string of the molecule is CCOC(=O)c1cncc(-c2cnc(Nc3ccc(F)c(Cl)c3)nc2N2CCC(OC)CC2)c1. The molecule has 1 saturated heterocycles. The Morgan fingerprint density at radius 2 is 2.03 bits per heavy atom. The number of nitrogens with one attached hydrogen (secondary N) is 1. The fourth-order valence-corrected chi connectivity index (χ4v) is 3.98. The van der Waals surface area contributed by atoms with Gasteiger partial charge in [0.25, 0.3) is 0 Å². The van der Waals surface area contributed by atoms with Crippen molar-refractivity contribution >= 4 is 35.0 Å². The van der Waals surface area contributed by atoms with Crippen molar-refractivity contribution in [3.8, 4) is 11.1 Å². The van der Waals surface area contributed by atoms with Gasteiger partial charge in [-0.2, -0.15) is 4.98 Å². The summed E-state index contributed by atoms with van der Waals surface area (Å²) in [6.45, 7) is 3.52. The molecule has 1 aliphatic heterocycles. The molecule has 0 amide bonds.